The second kappa shape index (κ2) is 6.72. The van der Waals surface area contributed by atoms with Crippen LogP contribution in [0.15, 0.2) is 24.3 Å². The topological polar surface area (TPSA) is 66.6 Å². The summed E-state index contributed by atoms with van der Waals surface area (Å²) >= 11 is 0. The molecule has 0 aliphatic carbocycles. The minimum absolute atomic E-state index is 0.175. The van der Waals surface area contributed by atoms with E-state index in [-0.39, 0.29) is 12.6 Å². The first-order valence-corrected chi connectivity index (χ1v) is 8.65. The summed E-state index contributed by atoms with van der Waals surface area (Å²) < 4.78 is 41.8. The van der Waals surface area contributed by atoms with Crippen molar-refractivity contribution in [2.24, 2.45) is 5.73 Å². The summed E-state index contributed by atoms with van der Waals surface area (Å²) in [6, 6.07) is 5.48. The average molecular weight is 315 g/mol. The van der Waals surface area contributed by atoms with E-state index >= 15 is 0 Å². The van der Waals surface area contributed by atoms with Crippen molar-refractivity contribution in [1.82, 2.24) is 4.31 Å². The molecule has 1 aliphatic heterocycles. The Bertz CT molecular complexity index is 579. The highest BCUT2D eigenvalue weighted by molar-refractivity contribution is 7.90. The molecule has 0 saturated carbocycles. The fourth-order valence-corrected chi connectivity index (χ4v) is 4.64. The maximum atomic E-state index is 13.4. The second-order valence-electron chi connectivity index (χ2n) is 5.15. The van der Waals surface area contributed by atoms with E-state index in [1.807, 2.05) is 0 Å². The highest BCUT2D eigenvalue weighted by Gasteiger charge is 2.35. The van der Waals surface area contributed by atoms with E-state index in [0.717, 1.165) is 19.3 Å². The lowest BCUT2D eigenvalue weighted by molar-refractivity contribution is 0.257. The van der Waals surface area contributed by atoms with Crippen molar-refractivity contribution in [3.8, 4) is 0 Å². The third-order valence-electron chi connectivity index (χ3n) is 3.80. The van der Waals surface area contributed by atoms with Gasteiger partial charge in [-0.2, -0.15) is 12.7 Å². The molecule has 1 atom stereocenters. The van der Waals surface area contributed by atoms with Crippen molar-refractivity contribution in [2.75, 3.05) is 23.9 Å². The van der Waals surface area contributed by atoms with Crippen molar-refractivity contribution in [3.05, 3.63) is 30.1 Å². The van der Waals surface area contributed by atoms with Gasteiger partial charge in [0.15, 0.2) is 0 Å². The molecule has 2 rings (SSSR count). The van der Waals surface area contributed by atoms with Gasteiger partial charge in [-0.1, -0.05) is 12.5 Å². The van der Waals surface area contributed by atoms with Gasteiger partial charge in [0, 0.05) is 25.7 Å². The van der Waals surface area contributed by atoms with Crippen molar-refractivity contribution in [1.29, 1.82) is 0 Å². The molecule has 0 aromatic heterocycles. The van der Waals surface area contributed by atoms with E-state index in [4.69, 9.17) is 5.73 Å². The van der Waals surface area contributed by atoms with Gasteiger partial charge in [-0.05, 0) is 38.0 Å². The SMILES string of the molecule is CCN(c1cccc(F)c1)S(=O)(=O)N1CCCCC1CN. The van der Waals surface area contributed by atoms with Crippen LogP contribution in [0.1, 0.15) is 26.2 Å². The number of anilines is 1. The number of nitrogens with zero attached hydrogens (tertiary/aromatic N) is 2. The van der Waals surface area contributed by atoms with Gasteiger partial charge in [-0.15, -0.1) is 0 Å². The Kier molecular flexibility index (Phi) is 5.18. The molecule has 1 aromatic rings. The largest absolute Gasteiger partial charge is 0.329 e. The molecule has 1 saturated heterocycles. The molecule has 0 amide bonds. The summed E-state index contributed by atoms with van der Waals surface area (Å²) in [5.41, 5.74) is 6.06. The molecule has 1 fully saturated rings. The van der Waals surface area contributed by atoms with E-state index in [0.29, 0.717) is 18.8 Å². The van der Waals surface area contributed by atoms with Gasteiger partial charge in [0.25, 0.3) is 0 Å². The first-order valence-electron chi connectivity index (χ1n) is 7.25. The zero-order valence-corrected chi connectivity index (χ0v) is 13.0. The highest BCUT2D eigenvalue weighted by atomic mass is 32.2. The molecule has 2 N–H and O–H groups in total. The summed E-state index contributed by atoms with van der Waals surface area (Å²) in [4.78, 5) is 0. The van der Waals surface area contributed by atoms with E-state index < -0.39 is 16.0 Å². The molecule has 0 bridgehead atoms. The van der Waals surface area contributed by atoms with Crippen molar-refractivity contribution in [2.45, 2.75) is 32.2 Å². The van der Waals surface area contributed by atoms with E-state index in [1.54, 1.807) is 13.0 Å². The number of nitrogens with two attached hydrogens (primary N) is 1. The van der Waals surface area contributed by atoms with Crippen LogP contribution in [0.4, 0.5) is 10.1 Å². The Labute approximate surface area is 125 Å². The Hall–Kier alpha value is -1.18. The van der Waals surface area contributed by atoms with Crippen LogP contribution in [0.3, 0.4) is 0 Å². The molecule has 0 radical (unpaired) electrons. The molecule has 1 unspecified atom stereocenters. The predicted octanol–water partition coefficient (Wildman–Crippen LogP) is 1.71. The maximum absolute atomic E-state index is 13.4. The van der Waals surface area contributed by atoms with Crippen LogP contribution in [0.25, 0.3) is 0 Å². The number of rotatable bonds is 5. The smallest absolute Gasteiger partial charge is 0.304 e. The summed E-state index contributed by atoms with van der Waals surface area (Å²) in [5, 5.41) is 0. The zero-order valence-electron chi connectivity index (χ0n) is 12.2. The minimum Gasteiger partial charge on any atom is -0.329 e. The fraction of sp³-hybridized carbons (Fsp3) is 0.571. The number of benzene rings is 1. The summed E-state index contributed by atoms with van der Waals surface area (Å²) in [6.07, 6.45) is 2.59. The monoisotopic (exact) mass is 315 g/mol. The third kappa shape index (κ3) is 3.36. The molecular weight excluding hydrogens is 293 g/mol. The lowest BCUT2D eigenvalue weighted by atomic mass is 10.1. The molecule has 1 heterocycles. The zero-order chi connectivity index (χ0) is 15.5. The predicted molar refractivity (Wildman–Crippen MR) is 81.7 cm³/mol. The van der Waals surface area contributed by atoms with Crippen LogP contribution < -0.4 is 10.0 Å². The van der Waals surface area contributed by atoms with Gasteiger partial charge in [-0.25, -0.2) is 4.39 Å². The fourth-order valence-electron chi connectivity index (χ4n) is 2.75. The quantitative estimate of drug-likeness (QED) is 0.899. The molecule has 21 heavy (non-hydrogen) atoms. The van der Waals surface area contributed by atoms with Crippen LogP contribution in [-0.4, -0.2) is 38.4 Å². The molecular formula is C14H22FN3O2S. The van der Waals surface area contributed by atoms with Gasteiger partial charge < -0.3 is 5.73 Å². The molecule has 1 aliphatic rings. The van der Waals surface area contributed by atoms with E-state index in [1.165, 1.54) is 26.8 Å². The summed E-state index contributed by atoms with van der Waals surface area (Å²) in [6.45, 7) is 2.76. The van der Waals surface area contributed by atoms with Crippen LogP contribution in [0, 0.1) is 5.82 Å². The van der Waals surface area contributed by atoms with E-state index in [9.17, 15) is 12.8 Å². The van der Waals surface area contributed by atoms with Gasteiger partial charge >= 0.3 is 10.2 Å². The number of hydrogen-bond acceptors (Lipinski definition) is 3. The second-order valence-corrected chi connectivity index (χ2v) is 6.95. The third-order valence-corrected chi connectivity index (χ3v) is 5.90. The standard InChI is InChI=1S/C14H22FN3O2S/c1-2-17(13-8-5-6-12(15)10-13)21(19,20)18-9-4-3-7-14(18)11-16/h5-6,8,10,14H,2-4,7,9,11,16H2,1H3. The Morgan fingerprint density at radius 1 is 1.43 bits per heavy atom. The Balaban J connectivity index is 2.35. The first kappa shape index (κ1) is 16.2. The number of halogens is 1. The van der Waals surface area contributed by atoms with Gasteiger partial charge in [0.2, 0.25) is 0 Å². The van der Waals surface area contributed by atoms with Crippen molar-refractivity contribution < 1.29 is 12.8 Å². The van der Waals surface area contributed by atoms with Crippen LogP contribution in [-0.2, 0) is 10.2 Å². The Morgan fingerprint density at radius 2 is 2.19 bits per heavy atom. The highest BCUT2D eigenvalue weighted by Crippen LogP contribution is 2.26. The molecule has 118 valence electrons. The average Bonchev–Trinajstić information content (AvgIpc) is 2.47. The van der Waals surface area contributed by atoms with Gasteiger partial charge in [-0.3, -0.25) is 4.31 Å². The first-order chi connectivity index (χ1) is 10.0. The summed E-state index contributed by atoms with van der Waals surface area (Å²) in [7, 11) is -3.69. The lowest BCUT2D eigenvalue weighted by Gasteiger charge is -2.37. The van der Waals surface area contributed by atoms with Crippen LogP contribution >= 0.6 is 0 Å². The van der Waals surface area contributed by atoms with Crippen molar-refractivity contribution >= 4 is 15.9 Å². The van der Waals surface area contributed by atoms with E-state index in [2.05, 4.69) is 0 Å². The number of piperidine rings is 1. The molecule has 0 spiro atoms. The maximum Gasteiger partial charge on any atom is 0.304 e. The Morgan fingerprint density at radius 3 is 2.81 bits per heavy atom. The van der Waals surface area contributed by atoms with Gasteiger partial charge in [0.05, 0.1) is 5.69 Å². The normalized spacial score (nSPS) is 20.4. The number of hydrogen-bond donors (Lipinski definition) is 1. The van der Waals surface area contributed by atoms with Crippen molar-refractivity contribution in [3.63, 3.8) is 0 Å². The van der Waals surface area contributed by atoms with Crippen LogP contribution in [0.5, 0.6) is 0 Å². The molecule has 5 nitrogen and oxygen atoms in total. The minimum atomic E-state index is -3.69. The molecule has 1 aromatic carbocycles. The summed E-state index contributed by atoms with van der Waals surface area (Å²) in [5.74, 6) is -0.449. The lowest BCUT2D eigenvalue weighted by Crippen LogP contribution is -2.53. The molecule has 7 heteroatoms. The van der Waals surface area contributed by atoms with Crippen LogP contribution in [0.2, 0.25) is 0 Å². The van der Waals surface area contributed by atoms with Gasteiger partial charge in [0.1, 0.15) is 5.82 Å².